The van der Waals surface area contributed by atoms with Gasteiger partial charge in [0, 0.05) is 19.7 Å². The van der Waals surface area contributed by atoms with Crippen molar-refractivity contribution in [2.24, 2.45) is 0 Å². The molecule has 1 N–H and O–H groups in total. The Labute approximate surface area is 84.8 Å². The van der Waals surface area contributed by atoms with E-state index in [2.05, 4.69) is 6.92 Å². The zero-order valence-electron chi connectivity index (χ0n) is 8.74. The van der Waals surface area contributed by atoms with Gasteiger partial charge in [-0.05, 0) is 6.42 Å². The normalized spacial score (nSPS) is 22.0. The second-order valence-corrected chi connectivity index (χ2v) is 3.66. The molecular formula is C10H19NO3. The second kappa shape index (κ2) is 5.98. The summed E-state index contributed by atoms with van der Waals surface area (Å²) in [4.78, 5) is 12.9. The lowest BCUT2D eigenvalue weighted by molar-refractivity contribution is -0.128. The predicted octanol–water partition coefficient (Wildman–Crippen LogP) is 0.396. The van der Waals surface area contributed by atoms with Gasteiger partial charge in [-0.2, -0.15) is 0 Å². The van der Waals surface area contributed by atoms with Crippen molar-refractivity contribution in [3.63, 3.8) is 0 Å². The molecular weight excluding hydrogens is 182 g/mol. The Morgan fingerprint density at radius 1 is 1.57 bits per heavy atom. The molecule has 4 heteroatoms. The smallest absolute Gasteiger partial charge is 0.225 e. The molecule has 1 heterocycles. The van der Waals surface area contributed by atoms with E-state index in [9.17, 15) is 9.90 Å². The minimum atomic E-state index is -0.474. The maximum absolute atomic E-state index is 11.2. The summed E-state index contributed by atoms with van der Waals surface area (Å²) in [5, 5.41) is 9.21. The van der Waals surface area contributed by atoms with Crippen LogP contribution in [0.4, 0.5) is 0 Å². The molecule has 0 aromatic rings. The third kappa shape index (κ3) is 3.64. The molecule has 1 saturated heterocycles. The zero-order chi connectivity index (χ0) is 10.4. The lowest BCUT2D eigenvalue weighted by Crippen LogP contribution is -2.29. The van der Waals surface area contributed by atoms with Crippen LogP contribution < -0.4 is 0 Å². The van der Waals surface area contributed by atoms with Crippen LogP contribution in [0.1, 0.15) is 26.2 Å². The van der Waals surface area contributed by atoms with E-state index in [1.54, 1.807) is 4.90 Å². The topological polar surface area (TPSA) is 49.8 Å². The van der Waals surface area contributed by atoms with Gasteiger partial charge in [-0.1, -0.05) is 13.3 Å². The fourth-order valence-electron chi connectivity index (χ4n) is 1.49. The molecule has 0 radical (unpaired) electrons. The van der Waals surface area contributed by atoms with Gasteiger partial charge < -0.3 is 14.7 Å². The van der Waals surface area contributed by atoms with Crippen LogP contribution in [0, 0.1) is 0 Å². The first-order chi connectivity index (χ1) is 6.74. The van der Waals surface area contributed by atoms with E-state index in [0.717, 1.165) is 19.4 Å². The number of likely N-dealkylation sites (tertiary alicyclic amines) is 1. The fourth-order valence-corrected chi connectivity index (χ4v) is 1.49. The SMILES string of the molecule is CCCCOCCN1CC(O)CC1=O. The summed E-state index contributed by atoms with van der Waals surface area (Å²) in [6, 6.07) is 0. The first-order valence-electron chi connectivity index (χ1n) is 5.27. The van der Waals surface area contributed by atoms with Crippen molar-refractivity contribution in [3.05, 3.63) is 0 Å². The number of amides is 1. The van der Waals surface area contributed by atoms with Crippen molar-refractivity contribution in [2.45, 2.75) is 32.3 Å². The molecule has 1 fully saturated rings. The number of aliphatic hydroxyl groups is 1. The first kappa shape index (κ1) is 11.5. The molecule has 0 saturated carbocycles. The van der Waals surface area contributed by atoms with E-state index < -0.39 is 6.10 Å². The van der Waals surface area contributed by atoms with Gasteiger partial charge in [-0.25, -0.2) is 0 Å². The van der Waals surface area contributed by atoms with E-state index in [0.29, 0.717) is 19.7 Å². The monoisotopic (exact) mass is 201 g/mol. The van der Waals surface area contributed by atoms with Crippen LogP contribution in [-0.4, -0.2) is 48.3 Å². The molecule has 0 bridgehead atoms. The van der Waals surface area contributed by atoms with Gasteiger partial charge >= 0.3 is 0 Å². The Kier molecular flexibility index (Phi) is 4.90. The number of aliphatic hydroxyl groups excluding tert-OH is 1. The summed E-state index contributed by atoms with van der Waals surface area (Å²) in [6.07, 6.45) is 1.99. The second-order valence-electron chi connectivity index (χ2n) is 3.66. The Morgan fingerprint density at radius 3 is 2.93 bits per heavy atom. The number of hydrogen-bond donors (Lipinski definition) is 1. The summed E-state index contributed by atoms with van der Waals surface area (Å²) in [5.41, 5.74) is 0. The molecule has 1 rings (SSSR count). The van der Waals surface area contributed by atoms with Crippen LogP contribution in [-0.2, 0) is 9.53 Å². The van der Waals surface area contributed by atoms with Gasteiger partial charge in [0.05, 0.1) is 19.1 Å². The van der Waals surface area contributed by atoms with Crippen molar-refractivity contribution >= 4 is 5.91 Å². The highest BCUT2D eigenvalue weighted by atomic mass is 16.5. The van der Waals surface area contributed by atoms with Crippen LogP contribution in [0.25, 0.3) is 0 Å². The molecule has 0 aliphatic carbocycles. The van der Waals surface area contributed by atoms with Crippen molar-refractivity contribution in [2.75, 3.05) is 26.3 Å². The lowest BCUT2D eigenvalue weighted by Gasteiger charge is -2.15. The average Bonchev–Trinajstić information content (AvgIpc) is 2.45. The lowest BCUT2D eigenvalue weighted by atomic mass is 10.3. The minimum absolute atomic E-state index is 0.0385. The highest BCUT2D eigenvalue weighted by Gasteiger charge is 2.27. The number of hydrogen-bond acceptors (Lipinski definition) is 3. The molecule has 0 aromatic heterocycles. The van der Waals surface area contributed by atoms with Crippen LogP contribution in [0.5, 0.6) is 0 Å². The Bertz CT molecular complexity index is 184. The van der Waals surface area contributed by atoms with E-state index in [-0.39, 0.29) is 12.3 Å². The van der Waals surface area contributed by atoms with E-state index in [1.807, 2.05) is 0 Å². The molecule has 82 valence electrons. The Hall–Kier alpha value is -0.610. The van der Waals surface area contributed by atoms with Gasteiger partial charge in [-0.3, -0.25) is 4.79 Å². The van der Waals surface area contributed by atoms with E-state index >= 15 is 0 Å². The van der Waals surface area contributed by atoms with Crippen molar-refractivity contribution in [1.82, 2.24) is 4.90 Å². The summed E-state index contributed by atoms with van der Waals surface area (Å²) in [5.74, 6) is 0.0385. The molecule has 0 aromatic carbocycles. The van der Waals surface area contributed by atoms with Gasteiger partial charge in [0.1, 0.15) is 0 Å². The van der Waals surface area contributed by atoms with Crippen LogP contribution in [0.3, 0.4) is 0 Å². The summed E-state index contributed by atoms with van der Waals surface area (Å²) in [7, 11) is 0. The van der Waals surface area contributed by atoms with Crippen molar-refractivity contribution in [3.8, 4) is 0 Å². The number of ether oxygens (including phenoxy) is 1. The molecule has 1 atom stereocenters. The van der Waals surface area contributed by atoms with E-state index in [1.165, 1.54) is 0 Å². The largest absolute Gasteiger partial charge is 0.391 e. The van der Waals surface area contributed by atoms with Crippen LogP contribution in [0.2, 0.25) is 0 Å². The summed E-state index contributed by atoms with van der Waals surface area (Å²) in [6.45, 7) is 4.54. The number of carbonyl (C=O) groups excluding carboxylic acids is 1. The molecule has 14 heavy (non-hydrogen) atoms. The number of nitrogens with zero attached hydrogens (tertiary/aromatic N) is 1. The molecule has 1 amide bonds. The fraction of sp³-hybridized carbons (Fsp3) is 0.900. The van der Waals surface area contributed by atoms with Crippen LogP contribution in [0.15, 0.2) is 0 Å². The van der Waals surface area contributed by atoms with E-state index in [4.69, 9.17) is 4.74 Å². The number of rotatable bonds is 6. The zero-order valence-corrected chi connectivity index (χ0v) is 8.74. The third-order valence-corrected chi connectivity index (χ3v) is 2.34. The summed E-state index contributed by atoms with van der Waals surface area (Å²) >= 11 is 0. The third-order valence-electron chi connectivity index (χ3n) is 2.34. The molecule has 1 unspecified atom stereocenters. The average molecular weight is 201 g/mol. The molecule has 4 nitrogen and oxygen atoms in total. The van der Waals surface area contributed by atoms with Crippen molar-refractivity contribution < 1.29 is 14.6 Å². The van der Waals surface area contributed by atoms with Gasteiger partial charge in [0.2, 0.25) is 5.91 Å². The molecule has 0 spiro atoms. The predicted molar refractivity (Wildman–Crippen MR) is 52.9 cm³/mol. The number of β-amino-alcohol motifs (C(OH)–C–C–N with tert-alkyl or cyclic N) is 1. The number of unbranched alkanes of at least 4 members (excludes halogenated alkanes) is 1. The maximum atomic E-state index is 11.2. The highest BCUT2D eigenvalue weighted by molar-refractivity contribution is 5.78. The van der Waals surface area contributed by atoms with Crippen LogP contribution >= 0.6 is 0 Å². The quantitative estimate of drug-likeness (QED) is 0.633. The Balaban J connectivity index is 2.04. The highest BCUT2D eigenvalue weighted by Crippen LogP contribution is 2.09. The van der Waals surface area contributed by atoms with Gasteiger partial charge in [0.25, 0.3) is 0 Å². The first-order valence-corrected chi connectivity index (χ1v) is 5.27. The minimum Gasteiger partial charge on any atom is -0.391 e. The Morgan fingerprint density at radius 2 is 2.36 bits per heavy atom. The maximum Gasteiger partial charge on any atom is 0.225 e. The molecule has 1 aliphatic rings. The number of carbonyl (C=O) groups is 1. The van der Waals surface area contributed by atoms with Gasteiger partial charge in [-0.15, -0.1) is 0 Å². The van der Waals surface area contributed by atoms with Crippen molar-refractivity contribution in [1.29, 1.82) is 0 Å². The molecule has 1 aliphatic heterocycles. The standard InChI is InChI=1S/C10H19NO3/c1-2-3-5-14-6-4-11-8-9(12)7-10(11)13/h9,12H,2-8H2,1H3. The van der Waals surface area contributed by atoms with Gasteiger partial charge in [0.15, 0.2) is 0 Å². The summed E-state index contributed by atoms with van der Waals surface area (Å²) < 4.78 is 5.34.